The van der Waals surface area contributed by atoms with E-state index in [4.69, 9.17) is 23.2 Å². The minimum atomic E-state index is 0.711. The Morgan fingerprint density at radius 3 is 2.65 bits per heavy atom. The molecule has 0 amide bonds. The summed E-state index contributed by atoms with van der Waals surface area (Å²) >= 11 is 12.2. The highest BCUT2D eigenvalue weighted by Gasteiger charge is 2.06. The van der Waals surface area contributed by atoms with Crippen LogP contribution in [0, 0.1) is 6.92 Å². The van der Waals surface area contributed by atoms with Gasteiger partial charge in [0.2, 0.25) is 0 Å². The molecule has 3 heteroatoms. The molecule has 3 aromatic rings. The Hall–Kier alpha value is -1.31. The first-order chi connectivity index (χ1) is 8.15. The average Bonchev–Trinajstić information content (AvgIpc) is 2.32. The van der Waals surface area contributed by atoms with E-state index < -0.39 is 0 Å². The maximum absolute atomic E-state index is 6.20. The van der Waals surface area contributed by atoms with E-state index in [1.807, 2.05) is 43.3 Å². The molecule has 0 saturated carbocycles. The second-order valence-electron chi connectivity index (χ2n) is 4.09. The second-order valence-corrected chi connectivity index (χ2v) is 4.93. The molecule has 17 heavy (non-hydrogen) atoms. The molecule has 0 unspecified atom stereocenters. The number of halogens is 2. The predicted molar refractivity (Wildman–Crippen MR) is 74.0 cm³/mol. The van der Waals surface area contributed by atoms with Gasteiger partial charge in [0.05, 0.1) is 11.0 Å². The lowest BCUT2D eigenvalue weighted by Crippen LogP contribution is -1.86. The van der Waals surface area contributed by atoms with Crippen LogP contribution in [0.1, 0.15) is 5.56 Å². The van der Waals surface area contributed by atoms with E-state index in [1.54, 1.807) is 0 Å². The van der Waals surface area contributed by atoms with Gasteiger partial charge in [-0.3, -0.25) is 0 Å². The van der Waals surface area contributed by atoms with Gasteiger partial charge in [0, 0.05) is 20.8 Å². The molecule has 0 fully saturated rings. The summed E-state index contributed by atoms with van der Waals surface area (Å²) in [5.74, 6) is 0. The van der Waals surface area contributed by atoms with Crippen molar-refractivity contribution in [3.05, 3.63) is 52.0 Å². The highest BCUT2D eigenvalue weighted by atomic mass is 35.5. The predicted octanol–water partition coefficient (Wildman–Crippen LogP) is 5.00. The molecule has 0 saturated heterocycles. The van der Waals surface area contributed by atoms with Crippen molar-refractivity contribution in [2.45, 2.75) is 6.92 Å². The van der Waals surface area contributed by atoms with Crippen LogP contribution in [0.3, 0.4) is 0 Å². The lowest BCUT2D eigenvalue weighted by Gasteiger charge is -2.06. The smallest absolute Gasteiger partial charge is 0.0753 e. The van der Waals surface area contributed by atoms with Crippen molar-refractivity contribution in [2.24, 2.45) is 0 Å². The average molecular weight is 262 g/mol. The van der Waals surface area contributed by atoms with Crippen LogP contribution in [-0.4, -0.2) is 4.98 Å². The van der Waals surface area contributed by atoms with Crippen molar-refractivity contribution in [1.29, 1.82) is 0 Å². The van der Waals surface area contributed by atoms with Crippen LogP contribution in [0.15, 0.2) is 36.4 Å². The lowest BCUT2D eigenvalue weighted by atomic mass is 10.1. The van der Waals surface area contributed by atoms with Crippen molar-refractivity contribution >= 4 is 45.0 Å². The van der Waals surface area contributed by atoms with E-state index in [0.717, 1.165) is 32.4 Å². The molecule has 0 spiro atoms. The van der Waals surface area contributed by atoms with E-state index in [-0.39, 0.29) is 0 Å². The third-order valence-corrected chi connectivity index (χ3v) is 3.45. The Morgan fingerprint density at radius 1 is 1.00 bits per heavy atom. The first kappa shape index (κ1) is 10.8. The topological polar surface area (TPSA) is 12.9 Å². The van der Waals surface area contributed by atoms with E-state index in [2.05, 4.69) is 4.98 Å². The summed E-state index contributed by atoms with van der Waals surface area (Å²) in [5.41, 5.74) is 3.01. The number of rotatable bonds is 0. The molecule has 0 bridgehead atoms. The molecule has 0 aliphatic heterocycles. The number of hydrogen-bond donors (Lipinski definition) is 0. The molecule has 2 aromatic carbocycles. The summed E-state index contributed by atoms with van der Waals surface area (Å²) < 4.78 is 0. The fourth-order valence-electron chi connectivity index (χ4n) is 2.00. The van der Waals surface area contributed by atoms with Gasteiger partial charge in [0.15, 0.2) is 0 Å². The highest BCUT2D eigenvalue weighted by Crippen LogP contribution is 2.29. The fourth-order valence-corrected chi connectivity index (χ4v) is 2.38. The van der Waals surface area contributed by atoms with Gasteiger partial charge < -0.3 is 0 Å². The Balaban J connectivity index is 2.52. The van der Waals surface area contributed by atoms with Crippen molar-refractivity contribution in [3.63, 3.8) is 0 Å². The number of aryl methyl sites for hydroxylation is 1. The number of pyridine rings is 1. The third kappa shape index (κ3) is 1.76. The number of hydrogen-bond acceptors (Lipinski definition) is 1. The number of nitrogens with zero attached hydrogens (tertiary/aromatic N) is 1. The standard InChI is InChI=1S/C14H9Cl2N/c1-8-2-4-12(16)11-7-9-6-10(15)3-5-13(9)17-14(8)11/h2-7H,1H3. The van der Waals surface area contributed by atoms with Crippen LogP contribution in [0.2, 0.25) is 10.0 Å². The fraction of sp³-hybridized carbons (Fsp3) is 0.0714. The summed E-state index contributed by atoms with van der Waals surface area (Å²) in [4.78, 5) is 4.64. The van der Waals surface area contributed by atoms with Gasteiger partial charge in [-0.2, -0.15) is 0 Å². The van der Waals surface area contributed by atoms with Crippen molar-refractivity contribution in [2.75, 3.05) is 0 Å². The Morgan fingerprint density at radius 2 is 1.82 bits per heavy atom. The number of benzene rings is 2. The van der Waals surface area contributed by atoms with Crippen LogP contribution in [0.25, 0.3) is 21.8 Å². The molecule has 0 N–H and O–H groups in total. The second kappa shape index (κ2) is 3.86. The zero-order valence-electron chi connectivity index (χ0n) is 9.17. The van der Waals surface area contributed by atoms with E-state index >= 15 is 0 Å². The van der Waals surface area contributed by atoms with Gasteiger partial charge >= 0.3 is 0 Å². The first-order valence-electron chi connectivity index (χ1n) is 5.30. The van der Waals surface area contributed by atoms with Crippen molar-refractivity contribution in [3.8, 4) is 0 Å². The van der Waals surface area contributed by atoms with Crippen molar-refractivity contribution < 1.29 is 0 Å². The first-order valence-corrected chi connectivity index (χ1v) is 6.06. The quantitative estimate of drug-likeness (QED) is 0.519. The summed E-state index contributed by atoms with van der Waals surface area (Å²) in [6, 6.07) is 11.6. The Bertz CT molecular complexity index is 735. The normalized spacial score (nSPS) is 11.2. The molecule has 0 aliphatic carbocycles. The van der Waals surface area contributed by atoms with Crippen LogP contribution >= 0.6 is 23.2 Å². The summed E-state index contributed by atoms with van der Waals surface area (Å²) in [6.07, 6.45) is 0. The maximum Gasteiger partial charge on any atom is 0.0753 e. The molecule has 1 heterocycles. The van der Waals surface area contributed by atoms with E-state index in [1.165, 1.54) is 0 Å². The Kier molecular flexibility index (Phi) is 2.46. The largest absolute Gasteiger partial charge is 0.247 e. The molecular formula is C14H9Cl2N. The highest BCUT2D eigenvalue weighted by molar-refractivity contribution is 6.36. The molecular weight excluding hydrogens is 253 g/mol. The summed E-state index contributed by atoms with van der Waals surface area (Å²) in [5, 5.41) is 3.42. The minimum Gasteiger partial charge on any atom is -0.247 e. The Labute approximate surface area is 109 Å². The molecule has 84 valence electrons. The van der Waals surface area contributed by atoms with E-state index in [9.17, 15) is 0 Å². The lowest BCUT2D eigenvalue weighted by molar-refractivity contribution is 1.42. The van der Waals surface area contributed by atoms with Crippen LogP contribution in [-0.2, 0) is 0 Å². The molecule has 3 rings (SSSR count). The summed E-state index contributed by atoms with van der Waals surface area (Å²) in [7, 11) is 0. The minimum absolute atomic E-state index is 0.711. The van der Waals surface area contributed by atoms with E-state index in [0.29, 0.717) is 5.02 Å². The maximum atomic E-state index is 6.20. The van der Waals surface area contributed by atoms with Gasteiger partial charge in [-0.05, 0) is 42.8 Å². The summed E-state index contributed by atoms with van der Waals surface area (Å²) in [6.45, 7) is 2.04. The van der Waals surface area contributed by atoms with Crippen LogP contribution in [0.4, 0.5) is 0 Å². The molecule has 0 radical (unpaired) electrons. The monoisotopic (exact) mass is 261 g/mol. The molecule has 1 nitrogen and oxygen atoms in total. The van der Waals surface area contributed by atoms with Gasteiger partial charge in [0.25, 0.3) is 0 Å². The molecule has 1 aromatic heterocycles. The van der Waals surface area contributed by atoms with Gasteiger partial charge in [-0.1, -0.05) is 29.3 Å². The number of aromatic nitrogens is 1. The zero-order chi connectivity index (χ0) is 12.0. The van der Waals surface area contributed by atoms with Crippen molar-refractivity contribution in [1.82, 2.24) is 4.98 Å². The molecule has 0 atom stereocenters. The van der Waals surface area contributed by atoms with Crippen LogP contribution in [0.5, 0.6) is 0 Å². The van der Waals surface area contributed by atoms with Gasteiger partial charge in [-0.15, -0.1) is 0 Å². The molecule has 0 aliphatic rings. The SMILES string of the molecule is Cc1ccc(Cl)c2cc3cc(Cl)ccc3nc12. The van der Waals surface area contributed by atoms with Crippen LogP contribution < -0.4 is 0 Å². The number of fused-ring (bicyclic) bond motifs is 2. The third-order valence-electron chi connectivity index (χ3n) is 2.89. The van der Waals surface area contributed by atoms with Gasteiger partial charge in [0.1, 0.15) is 0 Å². The zero-order valence-corrected chi connectivity index (χ0v) is 10.7. The van der Waals surface area contributed by atoms with Gasteiger partial charge in [-0.25, -0.2) is 4.98 Å².